The topological polar surface area (TPSA) is 90.6 Å². The van der Waals surface area contributed by atoms with Crippen LogP contribution >= 0.6 is 11.6 Å². The molecule has 0 saturated heterocycles. The molecule has 0 spiro atoms. The number of carbonyl (C=O) groups is 4. The number of aromatic nitrogens is 2. The largest absolute Gasteiger partial charge is 0.465 e. The maximum atomic E-state index is 12.8. The molecule has 7 rings (SSSR count). The molecular formula is C40H38ClN3O5. The van der Waals surface area contributed by atoms with Gasteiger partial charge in [0.1, 0.15) is 0 Å². The molecule has 0 amide bonds. The van der Waals surface area contributed by atoms with E-state index in [1.807, 2.05) is 90.0 Å². The van der Waals surface area contributed by atoms with Crippen LogP contribution in [-0.4, -0.2) is 52.6 Å². The zero-order chi connectivity index (χ0) is 34.5. The van der Waals surface area contributed by atoms with Crippen LogP contribution in [0.4, 0.5) is 5.69 Å². The van der Waals surface area contributed by atoms with Gasteiger partial charge < -0.3 is 18.8 Å². The van der Waals surface area contributed by atoms with Gasteiger partial charge in [-0.15, -0.1) is 0 Å². The summed E-state index contributed by atoms with van der Waals surface area (Å²) in [7, 11) is 4.01. The van der Waals surface area contributed by atoms with Crippen molar-refractivity contribution in [1.82, 2.24) is 9.13 Å². The summed E-state index contributed by atoms with van der Waals surface area (Å²) in [6.07, 6.45) is 2.03. The zero-order valence-electron chi connectivity index (χ0n) is 27.6. The maximum absolute atomic E-state index is 12.8. The molecule has 0 fully saturated rings. The lowest BCUT2D eigenvalue weighted by Crippen LogP contribution is -2.15. The highest BCUT2D eigenvalue weighted by Crippen LogP contribution is 2.34. The Morgan fingerprint density at radius 1 is 0.673 bits per heavy atom. The van der Waals surface area contributed by atoms with E-state index in [2.05, 4.69) is 29.2 Å². The summed E-state index contributed by atoms with van der Waals surface area (Å²) < 4.78 is 9.43. The Morgan fingerprint density at radius 3 is 1.65 bits per heavy atom. The Bertz CT molecular complexity index is 1960. The van der Waals surface area contributed by atoms with Gasteiger partial charge in [-0.1, -0.05) is 72.8 Å². The van der Waals surface area contributed by atoms with Crippen molar-refractivity contribution in [3.63, 3.8) is 0 Å². The molecule has 3 aromatic carbocycles. The number of hydrogen-bond acceptors (Lipinski definition) is 6. The van der Waals surface area contributed by atoms with E-state index in [0.717, 1.165) is 22.6 Å². The highest BCUT2D eigenvalue weighted by Gasteiger charge is 2.33. The quantitative estimate of drug-likeness (QED) is 0.0897. The lowest BCUT2D eigenvalue weighted by molar-refractivity contribution is -0.145. The van der Waals surface area contributed by atoms with Crippen LogP contribution in [0.15, 0.2) is 109 Å². The van der Waals surface area contributed by atoms with Gasteiger partial charge in [-0.3, -0.25) is 19.2 Å². The van der Waals surface area contributed by atoms with E-state index in [9.17, 15) is 19.2 Å². The van der Waals surface area contributed by atoms with Gasteiger partial charge in [0.15, 0.2) is 0 Å². The number of ketones is 2. The normalized spacial score (nSPS) is 15.8. The second kappa shape index (κ2) is 14.9. The number of halogens is 1. The van der Waals surface area contributed by atoms with Crippen molar-refractivity contribution in [3.05, 3.63) is 149 Å². The maximum Gasteiger partial charge on any atom is 0.315 e. The van der Waals surface area contributed by atoms with Crippen LogP contribution in [0.3, 0.4) is 0 Å². The lowest BCUT2D eigenvalue weighted by atomic mass is 10.1. The standard InChI is InChI=1S/C25H26N2O3.C15H12ClNO2/c1-26(2)20-10-8-18(9-11-20)15-17-30-25(29)21-14-16-27-22(21)12-13-23(27)24(28)19-6-4-3-5-7-19;16-15(19)11-8-9-17-12(11)6-7-13(17)14(18)10-4-2-1-3-5-10/h3-13,21H,14-17H2,1-2H3;1-7,11H,8-9H2. The molecule has 8 nitrogen and oxygen atoms in total. The van der Waals surface area contributed by atoms with Crippen molar-refractivity contribution >= 4 is 40.1 Å². The van der Waals surface area contributed by atoms with E-state index in [1.165, 1.54) is 0 Å². The summed E-state index contributed by atoms with van der Waals surface area (Å²) in [5.74, 6) is -0.834. The van der Waals surface area contributed by atoms with E-state index >= 15 is 0 Å². The SMILES string of the molecule is CN(C)c1ccc(CCOC(=O)C2CCn3c(C(=O)c4ccccc4)ccc32)cc1.O=C(c1ccccc1)c1ccc2n1CCC2C(=O)Cl. The molecule has 0 aliphatic carbocycles. The minimum absolute atomic E-state index is 0.0166. The number of esters is 1. The van der Waals surface area contributed by atoms with E-state index < -0.39 is 0 Å². The second-order valence-corrected chi connectivity index (χ2v) is 12.8. The molecule has 2 atom stereocenters. The van der Waals surface area contributed by atoms with Gasteiger partial charge in [0.25, 0.3) is 0 Å². The van der Waals surface area contributed by atoms with Gasteiger partial charge in [-0.05, 0) is 66.4 Å². The zero-order valence-corrected chi connectivity index (χ0v) is 28.3. The summed E-state index contributed by atoms with van der Waals surface area (Å²) >= 11 is 5.58. The van der Waals surface area contributed by atoms with Crippen molar-refractivity contribution in [2.75, 3.05) is 25.6 Å². The van der Waals surface area contributed by atoms with E-state index in [4.69, 9.17) is 16.3 Å². The monoisotopic (exact) mass is 675 g/mol. The van der Waals surface area contributed by atoms with Crippen LogP contribution in [0.2, 0.25) is 0 Å². The number of nitrogens with zero attached hydrogens (tertiary/aromatic N) is 3. The van der Waals surface area contributed by atoms with Gasteiger partial charge in [0, 0.05) is 61.8 Å². The van der Waals surface area contributed by atoms with Crippen LogP contribution in [0.25, 0.3) is 0 Å². The van der Waals surface area contributed by atoms with E-state index in [-0.39, 0.29) is 34.6 Å². The first-order chi connectivity index (χ1) is 23.7. The Hall–Kier alpha value is -5.21. The molecule has 0 N–H and O–H groups in total. The first-order valence-corrected chi connectivity index (χ1v) is 16.8. The molecule has 250 valence electrons. The fourth-order valence-corrected chi connectivity index (χ4v) is 6.78. The predicted molar refractivity (Wildman–Crippen MR) is 190 cm³/mol. The highest BCUT2D eigenvalue weighted by atomic mass is 35.5. The summed E-state index contributed by atoms with van der Waals surface area (Å²) in [5, 5.41) is -0.351. The summed E-state index contributed by atoms with van der Waals surface area (Å²) in [5.41, 5.74) is 6.57. The molecule has 2 aromatic heterocycles. The number of rotatable bonds is 10. The first-order valence-electron chi connectivity index (χ1n) is 16.4. The summed E-state index contributed by atoms with van der Waals surface area (Å²) in [6, 6.07) is 33.9. The molecule has 2 unspecified atom stereocenters. The van der Waals surface area contributed by atoms with E-state index in [0.29, 0.717) is 61.5 Å². The first kappa shape index (κ1) is 33.7. The Labute approximate surface area is 290 Å². The average Bonchev–Trinajstić information content (AvgIpc) is 3.91. The van der Waals surface area contributed by atoms with Crippen LogP contribution in [0, 0.1) is 0 Å². The van der Waals surface area contributed by atoms with Gasteiger partial charge in [0.2, 0.25) is 16.8 Å². The van der Waals surface area contributed by atoms with Crippen molar-refractivity contribution in [1.29, 1.82) is 0 Å². The van der Waals surface area contributed by atoms with Gasteiger partial charge in [0.05, 0.1) is 29.8 Å². The number of anilines is 1. The highest BCUT2D eigenvalue weighted by molar-refractivity contribution is 6.64. The fourth-order valence-electron chi connectivity index (χ4n) is 6.56. The number of ether oxygens (including phenoxy) is 1. The van der Waals surface area contributed by atoms with Crippen molar-refractivity contribution in [2.45, 2.75) is 44.2 Å². The molecule has 5 aromatic rings. The third-order valence-electron chi connectivity index (χ3n) is 9.21. The number of benzene rings is 3. The molecule has 4 heterocycles. The smallest absolute Gasteiger partial charge is 0.315 e. The van der Waals surface area contributed by atoms with Crippen LogP contribution in [0.1, 0.15) is 73.7 Å². The predicted octanol–water partition coefficient (Wildman–Crippen LogP) is 7.03. The molecule has 2 aliphatic rings. The van der Waals surface area contributed by atoms with Crippen molar-refractivity contribution < 1.29 is 23.9 Å². The van der Waals surface area contributed by atoms with Gasteiger partial charge in [-0.2, -0.15) is 0 Å². The molecule has 0 saturated carbocycles. The molecule has 9 heteroatoms. The van der Waals surface area contributed by atoms with Gasteiger partial charge in [-0.25, -0.2) is 0 Å². The Morgan fingerprint density at radius 2 is 1.16 bits per heavy atom. The minimum atomic E-state index is -0.351. The number of hydrogen-bond donors (Lipinski definition) is 0. The van der Waals surface area contributed by atoms with Crippen LogP contribution in [0.5, 0.6) is 0 Å². The number of fused-ring (bicyclic) bond motifs is 2. The summed E-state index contributed by atoms with van der Waals surface area (Å²) in [4.78, 5) is 51.2. The van der Waals surface area contributed by atoms with Crippen molar-refractivity contribution in [3.8, 4) is 0 Å². The molecule has 0 radical (unpaired) electrons. The third-order valence-corrected chi connectivity index (χ3v) is 9.47. The van der Waals surface area contributed by atoms with Gasteiger partial charge >= 0.3 is 5.97 Å². The Balaban J connectivity index is 0.000000188. The Kier molecular flexibility index (Phi) is 10.3. The van der Waals surface area contributed by atoms with Crippen LogP contribution in [-0.2, 0) is 33.8 Å². The summed E-state index contributed by atoms with van der Waals surface area (Å²) in [6.45, 7) is 1.68. The average molecular weight is 676 g/mol. The van der Waals surface area contributed by atoms with Crippen LogP contribution < -0.4 is 4.90 Å². The minimum Gasteiger partial charge on any atom is -0.465 e. The van der Waals surface area contributed by atoms with E-state index in [1.54, 1.807) is 18.2 Å². The number of carbonyl (C=O) groups excluding carboxylic acids is 4. The molecule has 49 heavy (non-hydrogen) atoms. The third kappa shape index (κ3) is 7.29. The molecule has 2 aliphatic heterocycles. The van der Waals surface area contributed by atoms with Crippen molar-refractivity contribution in [2.24, 2.45) is 0 Å². The lowest BCUT2D eigenvalue weighted by Gasteiger charge is -2.13. The molecular weight excluding hydrogens is 638 g/mol. The second-order valence-electron chi connectivity index (χ2n) is 12.4. The fraction of sp³-hybridized carbons (Fsp3) is 0.250. The molecule has 0 bridgehead atoms.